The van der Waals surface area contributed by atoms with Gasteiger partial charge in [0.05, 0.1) is 5.69 Å². The molecule has 0 bridgehead atoms. The highest BCUT2D eigenvalue weighted by Crippen LogP contribution is 2.28. The van der Waals surface area contributed by atoms with Crippen molar-refractivity contribution in [3.05, 3.63) is 66.1 Å². The van der Waals surface area contributed by atoms with Gasteiger partial charge in [-0.15, -0.1) is 10.2 Å². The molecule has 138 valence electrons. The van der Waals surface area contributed by atoms with E-state index in [9.17, 15) is 0 Å². The molecule has 0 unspecified atom stereocenters. The standard InChI is InChI=1S/C21H23N5S/c1-21(2,3)16-10-8-15(9-11-16)19-23-24-20(25(19)4)27-14-17-13-26-12-6-5-7-18(26)22-17/h5-13H,14H2,1-4H3. The Kier molecular flexibility index (Phi) is 4.52. The van der Waals surface area contributed by atoms with E-state index in [4.69, 9.17) is 0 Å². The highest BCUT2D eigenvalue weighted by atomic mass is 32.2. The molecule has 0 saturated heterocycles. The van der Waals surface area contributed by atoms with Crippen LogP contribution in [0.2, 0.25) is 0 Å². The van der Waals surface area contributed by atoms with Crippen LogP contribution in [0.25, 0.3) is 17.0 Å². The van der Waals surface area contributed by atoms with Gasteiger partial charge in [-0.25, -0.2) is 4.98 Å². The number of thioether (sulfide) groups is 1. The van der Waals surface area contributed by atoms with Crippen LogP contribution < -0.4 is 0 Å². The van der Waals surface area contributed by atoms with Crippen LogP contribution in [-0.4, -0.2) is 24.1 Å². The summed E-state index contributed by atoms with van der Waals surface area (Å²) in [6, 6.07) is 14.6. The van der Waals surface area contributed by atoms with Crippen LogP contribution in [0.15, 0.2) is 60.0 Å². The second kappa shape index (κ2) is 6.85. The summed E-state index contributed by atoms with van der Waals surface area (Å²) in [7, 11) is 2.01. The van der Waals surface area contributed by atoms with Gasteiger partial charge in [0, 0.05) is 30.8 Å². The van der Waals surface area contributed by atoms with Crippen molar-refractivity contribution in [1.82, 2.24) is 24.1 Å². The smallest absolute Gasteiger partial charge is 0.191 e. The summed E-state index contributed by atoms with van der Waals surface area (Å²) in [5.74, 6) is 1.64. The Labute approximate surface area is 163 Å². The Morgan fingerprint density at radius 3 is 2.48 bits per heavy atom. The van der Waals surface area contributed by atoms with Gasteiger partial charge in [-0.3, -0.25) is 0 Å². The summed E-state index contributed by atoms with van der Waals surface area (Å²) in [6.07, 6.45) is 4.07. The van der Waals surface area contributed by atoms with Crippen LogP contribution in [0, 0.1) is 0 Å². The number of imidazole rings is 1. The maximum absolute atomic E-state index is 4.64. The van der Waals surface area contributed by atoms with Gasteiger partial charge < -0.3 is 8.97 Å². The molecule has 0 fully saturated rings. The summed E-state index contributed by atoms with van der Waals surface area (Å²) in [5, 5.41) is 9.66. The van der Waals surface area contributed by atoms with Crippen LogP contribution in [0.1, 0.15) is 32.0 Å². The first-order valence-electron chi connectivity index (χ1n) is 8.97. The minimum atomic E-state index is 0.146. The van der Waals surface area contributed by atoms with Gasteiger partial charge >= 0.3 is 0 Å². The number of hydrogen-bond donors (Lipinski definition) is 0. The van der Waals surface area contributed by atoms with Crippen molar-refractivity contribution in [2.45, 2.75) is 37.1 Å². The molecule has 0 aliphatic heterocycles. The monoisotopic (exact) mass is 377 g/mol. The maximum Gasteiger partial charge on any atom is 0.191 e. The first kappa shape index (κ1) is 17.8. The Hall–Kier alpha value is -2.60. The second-order valence-corrected chi connectivity index (χ2v) is 8.62. The normalized spacial score (nSPS) is 12.0. The van der Waals surface area contributed by atoms with Gasteiger partial charge in [0.15, 0.2) is 11.0 Å². The molecule has 4 aromatic rings. The largest absolute Gasteiger partial charge is 0.307 e. The summed E-state index contributed by atoms with van der Waals surface area (Å²) in [5.41, 5.74) is 4.54. The van der Waals surface area contributed by atoms with Crippen LogP contribution >= 0.6 is 11.8 Å². The molecular formula is C21H23N5S. The lowest BCUT2D eigenvalue weighted by Crippen LogP contribution is -2.10. The third-order valence-corrected chi connectivity index (χ3v) is 5.66. The van der Waals surface area contributed by atoms with Crippen LogP contribution in [0.5, 0.6) is 0 Å². The minimum absolute atomic E-state index is 0.146. The van der Waals surface area contributed by atoms with E-state index in [-0.39, 0.29) is 5.41 Å². The zero-order valence-electron chi connectivity index (χ0n) is 16.0. The summed E-state index contributed by atoms with van der Waals surface area (Å²) in [4.78, 5) is 4.64. The van der Waals surface area contributed by atoms with Crippen LogP contribution in [0.4, 0.5) is 0 Å². The average Bonchev–Trinajstić information content (AvgIpc) is 3.22. The summed E-state index contributed by atoms with van der Waals surface area (Å²) < 4.78 is 4.08. The Morgan fingerprint density at radius 1 is 1.00 bits per heavy atom. The predicted octanol–water partition coefficient (Wildman–Crippen LogP) is 4.72. The number of benzene rings is 1. The lowest BCUT2D eigenvalue weighted by Gasteiger charge is -2.19. The van der Waals surface area contributed by atoms with Crippen molar-refractivity contribution in [3.8, 4) is 11.4 Å². The molecule has 0 saturated carbocycles. The highest BCUT2D eigenvalue weighted by molar-refractivity contribution is 7.98. The molecule has 0 N–H and O–H groups in total. The van der Waals surface area contributed by atoms with Crippen LogP contribution in [-0.2, 0) is 18.2 Å². The second-order valence-electron chi connectivity index (χ2n) is 7.68. The fourth-order valence-corrected chi connectivity index (χ4v) is 3.80. The number of hydrogen-bond acceptors (Lipinski definition) is 4. The lowest BCUT2D eigenvalue weighted by atomic mass is 9.87. The zero-order valence-corrected chi connectivity index (χ0v) is 16.9. The lowest BCUT2D eigenvalue weighted by molar-refractivity contribution is 0.590. The topological polar surface area (TPSA) is 48.0 Å². The molecule has 0 radical (unpaired) electrons. The molecule has 0 spiro atoms. The predicted molar refractivity (Wildman–Crippen MR) is 110 cm³/mol. The molecule has 0 atom stereocenters. The third kappa shape index (κ3) is 3.62. The van der Waals surface area contributed by atoms with E-state index in [1.54, 1.807) is 11.8 Å². The van der Waals surface area contributed by atoms with Crippen molar-refractivity contribution < 1.29 is 0 Å². The number of fused-ring (bicyclic) bond motifs is 1. The van der Waals surface area contributed by atoms with Crippen molar-refractivity contribution in [1.29, 1.82) is 0 Å². The van der Waals surface area contributed by atoms with Crippen molar-refractivity contribution in [3.63, 3.8) is 0 Å². The van der Waals surface area contributed by atoms with Gasteiger partial charge in [-0.05, 0) is 23.1 Å². The van der Waals surface area contributed by atoms with Gasteiger partial charge in [0.25, 0.3) is 0 Å². The van der Waals surface area contributed by atoms with Crippen molar-refractivity contribution in [2.24, 2.45) is 7.05 Å². The van der Waals surface area contributed by atoms with Crippen molar-refractivity contribution in [2.75, 3.05) is 0 Å². The Morgan fingerprint density at radius 2 is 1.78 bits per heavy atom. The molecule has 1 aromatic carbocycles. The summed E-state index contributed by atoms with van der Waals surface area (Å²) in [6.45, 7) is 6.66. The first-order chi connectivity index (χ1) is 12.9. The van der Waals surface area contributed by atoms with Gasteiger partial charge in [-0.1, -0.05) is 62.9 Å². The highest BCUT2D eigenvalue weighted by Gasteiger charge is 2.16. The number of nitrogens with zero attached hydrogens (tertiary/aromatic N) is 5. The number of aromatic nitrogens is 5. The average molecular weight is 378 g/mol. The number of rotatable bonds is 4. The molecule has 5 nitrogen and oxygen atoms in total. The molecule has 3 aromatic heterocycles. The molecular weight excluding hydrogens is 354 g/mol. The fraction of sp³-hybridized carbons (Fsp3) is 0.286. The van der Waals surface area contributed by atoms with Gasteiger partial charge in [-0.2, -0.15) is 0 Å². The molecule has 0 amide bonds. The quantitative estimate of drug-likeness (QED) is 0.483. The fourth-order valence-electron chi connectivity index (χ4n) is 3.01. The van der Waals surface area contributed by atoms with Crippen LogP contribution in [0.3, 0.4) is 0 Å². The van der Waals surface area contributed by atoms with E-state index < -0.39 is 0 Å². The molecule has 4 rings (SSSR count). The number of pyridine rings is 1. The van der Waals surface area contributed by atoms with Gasteiger partial charge in [0.1, 0.15) is 5.65 Å². The summed E-state index contributed by atoms with van der Waals surface area (Å²) >= 11 is 1.65. The molecule has 0 aliphatic rings. The zero-order chi connectivity index (χ0) is 19.0. The Bertz CT molecular complexity index is 1040. The van der Waals surface area contributed by atoms with E-state index in [0.29, 0.717) is 0 Å². The molecule has 6 heteroatoms. The van der Waals surface area contributed by atoms with E-state index >= 15 is 0 Å². The third-order valence-electron chi connectivity index (χ3n) is 4.61. The molecule has 3 heterocycles. The minimum Gasteiger partial charge on any atom is -0.307 e. The first-order valence-corrected chi connectivity index (χ1v) is 9.96. The van der Waals surface area contributed by atoms with Crippen molar-refractivity contribution >= 4 is 17.4 Å². The van der Waals surface area contributed by atoms with E-state index in [1.807, 2.05) is 40.4 Å². The SMILES string of the molecule is Cn1c(SCc2cn3ccccc3n2)nnc1-c1ccc(C(C)(C)C)cc1. The van der Waals surface area contributed by atoms with E-state index in [0.717, 1.165) is 33.6 Å². The Balaban J connectivity index is 1.51. The van der Waals surface area contributed by atoms with Gasteiger partial charge in [0.2, 0.25) is 0 Å². The van der Waals surface area contributed by atoms with E-state index in [1.165, 1.54) is 5.56 Å². The molecule has 0 aliphatic carbocycles. The van der Waals surface area contributed by atoms with E-state index in [2.05, 4.69) is 66.4 Å². The molecule has 27 heavy (non-hydrogen) atoms. The maximum atomic E-state index is 4.64.